The molecule has 2 aromatic rings. The maximum Gasteiger partial charge on any atom is 0.240 e. The Morgan fingerprint density at radius 2 is 1.69 bits per heavy atom. The first-order valence-electron chi connectivity index (χ1n) is 10.2. The van der Waals surface area contributed by atoms with Crippen molar-refractivity contribution in [2.24, 2.45) is 0 Å². The SMILES string of the molecule is O=C(CCc1ccc(S(=O)(=O)NC2CC2)cc1)N1CCC(Nc2ccccc2)C1. The van der Waals surface area contributed by atoms with Gasteiger partial charge in [-0.2, -0.15) is 0 Å². The van der Waals surface area contributed by atoms with Crippen LogP contribution in [0.1, 0.15) is 31.2 Å². The van der Waals surface area contributed by atoms with Gasteiger partial charge in [-0.05, 0) is 55.5 Å². The lowest BCUT2D eigenvalue weighted by atomic mass is 10.1. The second kappa shape index (κ2) is 8.55. The van der Waals surface area contributed by atoms with E-state index < -0.39 is 10.0 Å². The zero-order valence-corrected chi connectivity index (χ0v) is 17.2. The number of rotatable bonds is 8. The van der Waals surface area contributed by atoms with Gasteiger partial charge in [-0.15, -0.1) is 0 Å². The zero-order chi connectivity index (χ0) is 20.3. The Hall–Kier alpha value is -2.38. The monoisotopic (exact) mass is 413 g/mol. The standard InChI is InChI=1S/C22H27N3O3S/c26-22(25-15-14-20(16-25)23-18-4-2-1-3-5-18)13-8-17-6-11-21(12-7-17)29(27,28)24-19-9-10-19/h1-7,11-12,19-20,23-24H,8-10,13-16H2. The van der Waals surface area contributed by atoms with Gasteiger partial charge in [0.15, 0.2) is 0 Å². The summed E-state index contributed by atoms with van der Waals surface area (Å²) in [6.07, 6.45) is 3.82. The molecule has 7 heteroatoms. The van der Waals surface area contributed by atoms with E-state index in [1.54, 1.807) is 24.3 Å². The molecule has 1 amide bonds. The summed E-state index contributed by atoms with van der Waals surface area (Å²) in [6.45, 7) is 1.49. The first-order chi connectivity index (χ1) is 14.0. The van der Waals surface area contributed by atoms with E-state index in [1.165, 1.54) is 0 Å². The summed E-state index contributed by atoms with van der Waals surface area (Å²) in [5.41, 5.74) is 2.06. The van der Waals surface area contributed by atoms with Gasteiger partial charge >= 0.3 is 0 Å². The molecule has 6 nitrogen and oxygen atoms in total. The van der Waals surface area contributed by atoms with Crippen molar-refractivity contribution in [1.82, 2.24) is 9.62 Å². The molecule has 29 heavy (non-hydrogen) atoms. The van der Waals surface area contributed by atoms with Crippen LogP contribution in [-0.2, 0) is 21.2 Å². The number of nitrogens with one attached hydrogen (secondary N) is 2. The fourth-order valence-corrected chi connectivity index (χ4v) is 4.91. The number of hydrogen-bond acceptors (Lipinski definition) is 4. The minimum absolute atomic E-state index is 0.0953. The molecule has 2 aliphatic rings. The number of aryl methyl sites for hydroxylation is 1. The smallest absolute Gasteiger partial charge is 0.240 e. The van der Waals surface area contributed by atoms with Gasteiger partial charge < -0.3 is 10.2 Å². The molecule has 1 saturated carbocycles. The van der Waals surface area contributed by atoms with Crippen LogP contribution in [0.3, 0.4) is 0 Å². The molecule has 0 spiro atoms. The second-order valence-electron chi connectivity index (χ2n) is 7.88. The molecule has 2 fully saturated rings. The van der Waals surface area contributed by atoms with Crippen molar-refractivity contribution < 1.29 is 13.2 Å². The topological polar surface area (TPSA) is 78.5 Å². The van der Waals surface area contributed by atoms with E-state index in [2.05, 4.69) is 10.0 Å². The number of carbonyl (C=O) groups excluding carboxylic acids is 1. The molecule has 2 N–H and O–H groups in total. The van der Waals surface area contributed by atoms with Gasteiger partial charge in [0, 0.05) is 37.3 Å². The van der Waals surface area contributed by atoms with E-state index in [4.69, 9.17) is 0 Å². The first-order valence-corrected chi connectivity index (χ1v) is 11.7. The van der Waals surface area contributed by atoms with Gasteiger partial charge in [-0.1, -0.05) is 30.3 Å². The highest BCUT2D eigenvalue weighted by atomic mass is 32.2. The van der Waals surface area contributed by atoms with Crippen LogP contribution in [0.5, 0.6) is 0 Å². The van der Waals surface area contributed by atoms with E-state index in [0.29, 0.717) is 12.8 Å². The quantitative estimate of drug-likeness (QED) is 0.698. The third-order valence-electron chi connectivity index (χ3n) is 5.45. The van der Waals surface area contributed by atoms with Crippen molar-refractivity contribution in [3.8, 4) is 0 Å². The highest BCUT2D eigenvalue weighted by Gasteiger charge is 2.28. The molecule has 1 heterocycles. The minimum Gasteiger partial charge on any atom is -0.380 e. The predicted molar refractivity (Wildman–Crippen MR) is 113 cm³/mol. The molecular formula is C22H27N3O3S. The van der Waals surface area contributed by atoms with Crippen LogP contribution in [0.4, 0.5) is 5.69 Å². The van der Waals surface area contributed by atoms with Crippen LogP contribution in [0.2, 0.25) is 0 Å². The number of sulfonamides is 1. The van der Waals surface area contributed by atoms with Crippen LogP contribution >= 0.6 is 0 Å². The summed E-state index contributed by atoms with van der Waals surface area (Å²) in [5.74, 6) is 0.148. The Labute approximate surface area is 172 Å². The number of benzene rings is 2. The predicted octanol–water partition coefficient (Wildman–Crippen LogP) is 2.77. The van der Waals surface area contributed by atoms with Gasteiger partial charge in [-0.25, -0.2) is 13.1 Å². The molecule has 154 valence electrons. The van der Waals surface area contributed by atoms with Crippen LogP contribution < -0.4 is 10.0 Å². The van der Waals surface area contributed by atoms with Crippen molar-refractivity contribution in [2.75, 3.05) is 18.4 Å². The molecule has 0 aromatic heterocycles. The van der Waals surface area contributed by atoms with E-state index in [9.17, 15) is 13.2 Å². The lowest BCUT2D eigenvalue weighted by molar-refractivity contribution is -0.130. The van der Waals surface area contributed by atoms with E-state index >= 15 is 0 Å². The number of likely N-dealkylation sites (tertiary alicyclic amines) is 1. The Balaban J connectivity index is 1.25. The number of amides is 1. The number of nitrogens with zero attached hydrogens (tertiary/aromatic N) is 1. The molecule has 0 bridgehead atoms. The first kappa shape index (κ1) is 19.9. The van der Waals surface area contributed by atoms with Crippen LogP contribution in [0.15, 0.2) is 59.5 Å². The second-order valence-corrected chi connectivity index (χ2v) is 9.59. The fraction of sp³-hybridized carbons (Fsp3) is 0.409. The normalized spacial score (nSPS) is 19.3. The molecule has 1 atom stereocenters. The van der Waals surface area contributed by atoms with Crippen LogP contribution in [-0.4, -0.2) is 44.4 Å². The number of carbonyl (C=O) groups is 1. The molecular weight excluding hydrogens is 386 g/mol. The van der Waals surface area contributed by atoms with Gasteiger partial charge in [-0.3, -0.25) is 4.79 Å². The van der Waals surface area contributed by atoms with Crippen molar-refractivity contribution in [2.45, 2.75) is 49.1 Å². The largest absolute Gasteiger partial charge is 0.380 e. The number of anilines is 1. The average Bonchev–Trinajstić information content (AvgIpc) is 3.40. The highest BCUT2D eigenvalue weighted by molar-refractivity contribution is 7.89. The van der Waals surface area contributed by atoms with Gasteiger partial charge in [0.05, 0.1) is 4.90 Å². The number of hydrogen-bond donors (Lipinski definition) is 2. The van der Waals surface area contributed by atoms with Gasteiger partial charge in [0.1, 0.15) is 0 Å². The molecule has 1 aliphatic heterocycles. The number of para-hydroxylation sites is 1. The maximum atomic E-state index is 12.6. The summed E-state index contributed by atoms with van der Waals surface area (Å²) in [7, 11) is -3.42. The summed E-state index contributed by atoms with van der Waals surface area (Å²) in [6, 6.07) is 17.3. The van der Waals surface area contributed by atoms with Crippen LogP contribution in [0, 0.1) is 0 Å². The Morgan fingerprint density at radius 1 is 0.966 bits per heavy atom. The van der Waals surface area contributed by atoms with Crippen LogP contribution in [0.25, 0.3) is 0 Å². The third-order valence-corrected chi connectivity index (χ3v) is 6.98. The minimum atomic E-state index is -3.42. The summed E-state index contributed by atoms with van der Waals surface area (Å²) in [4.78, 5) is 14.8. The van der Waals surface area contributed by atoms with E-state index in [0.717, 1.165) is 43.6 Å². The summed E-state index contributed by atoms with van der Waals surface area (Å²) >= 11 is 0. The lowest BCUT2D eigenvalue weighted by Crippen LogP contribution is -2.31. The molecule has 1 aliphatic carbocycles. The van der Waals surface area contributed by atoms with Gasteiger partial charge in [0.25, 0.3) is 0 Å². The van der Waals surface area contributed by atoms with E-state index in [-0.39, 0.29) is 22.9 Å². The van der Waals surface area contributed by atoms with E-state index in [1.807, 2.05) is 35.2 Å². The maximum absolute atomic E-state index is 12.6. The Kier molecular flexibility index (Phi) is 5.87. The van der Waals surface area contributed by atoms with Crippen molar-refractivity contribution in [3.05, 3.63) is 60.2 Å². The molecule has 0 radical (unpaired) electrons. The Morgan fingerprint density at radius 3 is 2.38 bits per heavy atom. The molecule has 1 saturated heterocycles. The lowest BCUT2D eigenvalue weighted by Gasteiger charge is -2.18. The zero-order valence-electron chi connectivity index (χ0n) is 16.4. The third kappa shape index (κ3) is 5.36. The van der Waals surface area contributed by atoms with Crippen molar-refractivity contribution in [3.63, 3.8) is 0 Å². The van der Waals surface area contributed by atoms with Gasteiger partial charge in [0.2, 0.25) is 15.9 Å². The molecule has 4 rings (SSSR count). The molecule has 2 aromatic carbocycles. The highest BCUT2D eigenvalue weighted by Crippen LogP contribution is 2.22. The Bertz CT molecular complexity index is 941. The van der Waals surface area contributed by atoms with Crippen molar-refractivity contribution in [1.29, 1.82) is 0 Å². The van der Waals surface area contributed by atoms with Crippen molar-refractivity contribution >= 4 is 21.6 Å². The average molecular weight is 414 g/mol. The molecule has 1 unspecified atom stereocenters. The fourth-order valence-electron chi connectivity index (χ4n) is 3.61. The summed E-state index contributed by atoms with van der Waals surface area (Å²) in [5, 5.41) is 3.48. The summed E-state index contributed by atoms with van der Waals surface area (Å²) < 4.78 is 27.1.